The minimum Gasteiger partial charge on any atom is -0.462 e. The molecule has 17 nitrogen and oxygen atoms in total. The van der Waals surface area contributed by atoms with E-state index >= 15 is 0 Å². The van der Waals surface area contributed by atoms with E-state index in [9.17, 15) is 43.2 Å². The maximum Gasteiger partial charge on any atom is 0.472 e. The van der Waals surface area contributed by atoms with Crippen LogP contribution in [0.5, 0.6) is 0 Å². The van der Waals surface area contributed by atoms with E-state index in [0.29, 0.717) is 25.7 Å². The predicted molar refractivity (Wildman–Crippen MR) is 423 cm³/mol. The van der Waals surface area contributed by atoms with Crippen LogP contribution in [0.15, 0.2) is 0 Å². The lowest BCUT2D eigenvalue weighted by atomic mass is 10.0. The van der Waals surface area contributed by atoms with Gasteiger partial charge in [0.1, 0.15) is 19.3 Å². The van der Waals surface area contributed by atoms with Gasteiger partial charge in [0.05, 0.1) is 26.4 Å². The summed E-state index contributed by atoms with van der Waals surface area (Å²) in [5.74, 6) is 0.317. The number of hydrogen-bond donors (Lipinski definition) is 3. The molecule has 0 spiro atoms. The van der Waals surface area contributed by atoms with Crippen molar-refractivity contribution in [1.29, 1.82) is 0 Å². The summed E-state index contributed by atoms with van der Waals surface area (Å²) in [4.78, 5) is 72.8. The summed E-state index contributed by atoms with van der Waals surface area (Å²) in [5, 5.41) is 10.6. The normalized spacial score (nSPS) is 13.9. The number of aliphatic hydroxyl groups is 1. The number of esters is 4. The fourth-order valence-corrected chi connectivity index (χ4v) is 14.6. The van der Waals surface area contributed by atoms with E-state index in [-0.39, 0.29) is 25.7 Å². The van der Waals surface area contributed by atoms with E-state index in [4.69, 9.17) is 37.0 Å². The zero-order valence-corrected chi connectivity index (χ0v) is 69.6. The van der Waals surface area contributed by atoms with E-state index in [0.717, 1.165) is 114 Å². The lowest BCUT2D eigenvalue weighted by Crippen LogP contribution is -2.30. The Morgan fingerprint density at radius 1 is 0.262 bits per heavy atom. The van der Waals surface area contributed by atoms with Crippen molar-refractivity contribution in [2.24, 2.45) is 17.8 Å². The third-order valence-electron chi connectivity index (χ3n) is 19.6. The SMILES string of the molecule is CCCCCCCC(=O)OC[C@H](COP(=O)(O)OC[C@H](O)COP(=O)(O)OC[C@@H](COC(=O)CCCCCCCCCCCCCCCCCCC(C)C)OC(=O)CCCCCCCCCCCCCCCCCCCCC(C)C)OC(=O)CCCCCCCCCCCCCCCCCC(C)C. The summed E-state index contributed by atoms with van der Waals surface area (Å²) in [5.41, 5.74) is 0. The van der Waals surface area contributed by atoms with Gasteiger partial charge in [-0.3, -0.25) is 37.3 Å². The summed E-state index contributed by atoms with van der Waals surface area (Å²) in [6.07, 6.45) is 64.4. The van der Waals surface area contributed by atoms with Gasteiger partial charge in [-0.2, -0.15) is 0 Å². The number of aliphatic hydroxyl groups excluding tert-OH is 1. The molecule has 0 radical (unpaired) electrons. The van der Waals surface area contributed by atoms with Crippen LogP contribution in [0, 0.1) is 17.8 Å². The first-order valence-electron chi connectivity index (χ1n) is 43.3. The number of carbonyl (C=O) groups is 4. The van der Waals surface area contributed by atoms with Gasteiger partial charge in [-0.05, 0) is 43.4 Å². The monoisotopic (exact) mass is 1510 g/mol. The highest BCUT2D eigenvalue weighted by molar-refractivity contribution is 7.47. The van der Waals surface area contributed by atoms with Gasteiger partial charge in [-0.25, -0.2) is 9.13 Å². The second-order valence-electron chi connectivity index (χ2n) is 31.6. The Bertz CT molecular complexity index is 1990. The molecule has 0 rings (SSSR count). The van der Waals surface area contributed by atoms with E-state index in [1.165, 1.54) is 244 Å². The highest BCUT2D eigenvalue weighted by Crippen LogP contribution is 2.45. The second kappa shape index (κ2) is 74.2. The Hall–Kier alpha value is -1.94. The minimum atomic E-state index is -4.96. The lowest BCUT2D eigenvalue weighted by Gasteiger charge is -2.21. The van der Waals surface area contributed by atoms with Gasteiger partial charge >= 0.3 is 39.5 Å². The van der Waals surface area contributed by atoms with E-state index in [1.807, 2.05) is 0 Å². The van der Waals surface area contributed by atoms with Gasteiger partial charge in [0, 0.05) is 25.7 Å². The fourth-order valence-electron chi connectivity index (χ4n) is 13.0. The molecule has 5 atom stereocenters. The lowest BCUT2D eigenvalue weighted by molar-refractivity contribution is -0.161. The minimum absolute atomic E-state index is 0.107. The number of phosphoric ester groups is 2. The number of unbranched alkanes of at least 4 members (excludes halogenated alkanes) is 50. The molecular weight excluding hydrogens is 1340 g/mol. The molecule has 0 heterocycles. The molecule has 0 aliphatic heterocycles. The van der Waals surface area contributed by atoms with Crippen LogP contribution in [-0.2, 0) is 65.4 Å². The maximum absolute atomic E-state index is 13.1. The zero-order valence-electron chi connectivity index (χ0n) is 67.8. The van der Waals surface area contributed by atoms with Gasteiger partial charge < -0.3 is 33.8 Å². The molecule has 103 heavy (non-hydrogen) atoms. The smallest absolute Gasteiger partial charge is 0.462 e. The number of ether oxygens (including phenoxy) is 4. The van der Waals surface area contributed by atoms with Crippen LogP contribution in [0.4, 0.5) is 0 Å². The van der Waals surface area contributed by atoms with Crippen LogP contribution in [-0.4, -0.2) is 96.7 Å². The van der Waals surface area contributed by atoms with Crippen LogP contribution < -0.4 is 0 Å². The van der Waals surface area contributed by atoms with Crippen molar-refractivity contribution in [1.82, 2.24) is 0 Å². The summed E-state index contributed by atoms with van der Waals surface area (Å²) in [7, 11) is -9.91. The molecule has 0 aromatic carbocycles. The molecule has 0 fully saturated rings. The molecule has 0 aromatic rings. The van der Waals surface area contributed by atoms with Gasteiger partial charge in [-0.1, -0.05) is 389 Å². The van der Waals surface area contributed by atoms with Crippen LogP contribution in [0.3, 0.4) is 0 Å². The fraction of sp³-hybridized carbons (Fsp3) is 0.952. The van der Waals surface area contributed by atoms with Gasteiger partial charge in [0.15, 0.2) is 12.2 Å². The summed E-state index contributed by atoms with van der Waals surface area (Å²) in [6.45, 7) is 12.0. The quantitative estimate of drug-likeness (QED) is 0.0222. The first-order chi connectivity index (χ1) is 49.7. The van der Waals surface area contributed by atoms with Crippen molar-refractivity contribution in [3.05, 3.63) is 0 Å². The Labute approximate surface area is 632 Å². The van der Waals surface area contributed by atoms with Crippen molar-refractivity contribution < 1.29 is 80.2 Å². The summed E-state index contributed by atoms with van der Waals surface area (Å²) >= 11 is 0. The average Bonchev–Trinajstić information content (AvgIpc) is 0.912. The predicted octanol–water partition coefficient (Wildman–Crippen LogP) is 25.3. The molecule has 0 aliphatic rings. The largest absolute Gasteiger partial charge is 0.472 e. The molecule has 2 unspecified atom stereocenters. The maximum atomic E-state index is 13.1. The highest BCUT2D eigenvalue weighted by atomic mass is 31.2. The number of carbonyl (C=O) groups excluding carboxylic acids is 4. The topological polar surface area (TPSA) is 237 Å². The molecule has 19 heteroatoms. The molecule has 0 saturated carbocycles. The van der Waals surface area contributed by atoms with E-state index in [2.05, 4.69) is 48.5 Å². The third-order valence-corrected chi connectivity index (χ3v) is 21.5. The molecule has 0 saturated heterocycles. The standard InChI is InChI=1S/C84H164O17P2/c1-8-9-10-48-58-65-81(86)94-71-79(100-83(88)67-60-54-47-41-35-29-23-17-20-26-32-38-44-51-57-64-77(6)7)73-98-102(90,91)96-69-78(85)70-97-103(92,93)99-74-80(72-95-82(87)66-59-52-45-39-33-27-21-16-15-19-25-31-37-43-50-56-63-76(4)5)101-84(89)68-61-53-46-40-34-28-22-14-12-11-13-18-24-30-36-42-49-55-62-75(2)3/h75-80,85H,8-74H2,1-7H3,(H,90,91)(H,92,93)/t78-,79+,80+/m0/s1. The first kappa shape index (κ1) is 101. The number of hydrogen-bond acceptors (Lipinski definition) is 15. The van der Waals surface area contributed by atoms with Gasteiger partial charge in [0.25, 0.3) is 0 Å². The van der Waals surface area contributed by atoms with Crippen molar-refractivity contribution in [3.8, 4) is 0 Å². The molecule has 0 amide bonds. The van der Waals surface area contributed by atoms with E-state index in [1.54, 1.807) is 0 Å². The molecule has 612 valence electrons. The van der Waals surface area contributed by atoms with Crippen molar-refractivity contribution in [2.75, 3.05) is 39.6 Å². The molecule has 0 aromatic heterocycles. The Morgan fingerprint density at radius 3 is 0.660 bits per heavy atom. The molecule has 3 N–H and O–H groups in total. The van der Waals surface area contributed by atoms with Crippen molar-refractivity contribution in [3.63, 3.8) is 0 Å². The molecule has 0 aliphatic carbocycles. The first-order valence-corrected chi connectivity index (χ1v) is 46.3. The van der Waals surface area contributed by atoms with Crippen LogP contribution in [0.25, 0.3) is 0 Å². The van der Waals surface area contributed by atoms with Crippen LogP contribution in [0.2, 0.25) is 0 Å². The summed E-state index contributed by atoms with van der Waals surface area (Å²) in [6, 6.07) is 0. The van der Waals surface area contributed by atoms with Crippen molar-refractivity contribution in [2.45, 2.75) is 458 Å². The molecule has 0 bridgehead atoms. The molecular formula is C84H164O17P2. The third kappa shape index (κ3) is 78.0. The Kier molecular flexibility index (Phi) is 72.8. The van der Waals surface area contributed by atoms with Gasteiger partial charge in [0.2, 0.25) is 0 Å². The summed E-state index contributed by atoms with van der Waals surface area (Å²) < 4.78 is 68.6. The number of phosphoric acid groups is 2. The zero-order chi connectivity index (χ0) is 75.8. The van der Waals surface area contributed by atoms with Gasteiger partial charge in [-0.15, -0.1) is 0 Å². The Morgan fingerprint density at radius 2 is 0.447 bits per heavy atom. The second-order valence-corrected chi connectivity index (χ2v) is 34.6. The highest BCUT2D eigenvalue weighted by Gasteiger charge is 2.30. The van der Waals surface area contributed by atoms with E-state index < -0.39 is 97.5 Å². The number of rotatable bonds is 82. The average molecular weight is 1510 g/mol. The van der Waals surface area contributed by atoms with Crippen LogP contribution in [0.1, 0.15) is 440 Å². The van der Waals surface area contributed by atoms with Crippen LogP contribution >= 0.6 is 15.6 Å². The Balaban J connectivity index is 5.11. The van der Waals surface area contributed by atoms with Crippen molar-refractivity contribution >= 4 is 39.5 Å².